The molecule has 0 heterocycles. The normalized spacial score (nSPS) is 11.6. The van der Waals surface area contributed by atoms with Crippen LogP contribution < -0.4 is 10.1 Å². The van der Waals surface area contributed by atoms with Crippen LogP contribution in [0.3, 0.4) is 0 Å². The molecule has 0 atom stereocenters. The van der Waals surface area contributed by atoms with Gasteiger partial charge in [0.25, 0.3) is 0 Å². The highest BCUT2D eigenvalue weighted by Crippen LogP contribution is 2.27. The number of aliphatic hydroxyl groups is 1. The second-order valence-electron chi connectivity index (χ2n) is 4.65. The minimum absolute atomic E-state index is 0.000237. The van der Waals surface area contributed by atoms with Gasteiger partial charge in [0, 0.05) is 12.0 Å². The molecule has 0 aliphatic rings. The average Bonchev–Trinajstić information content (AvgIpc) is 2.26. The second-order valence-corrected chi connectivity index (χ2v) is 4.65. The van der Waals surface area contributed by atoms with Gasteiger partial charge in [-0.1, -0.05) is 26.0 Å². The Hall–Kier alpha value is -1.06. The molecule has 0 radical (unpaired) electrons. The first kappa shape index (κ1) is 13.0. The lowest BCUT2D eigenvalue weighted by atomic mass is 9.84. The SMILES string of the molecule is COc1ccc(C(C)(C)CNCO)cc1C. The summed E-state index contributed by atoms with van der Waals surface area (Å²) in [5.41, 5.74) is 2.38. The van der Waals surface area contributed by atoms with Crippen LogP contribution in [0.4, 0.5) is 0 Å². The summed E-state index contributed by atoms with van der Waals surface area (Å²) in [4.78, 5) is 0. The van der Waals surface area contributed by atoms with E-state index in [1.807, 2.05) is 13.0 Å². The van der Waals surface area contributed by atoms with Gasteiger partial charge in [0.15, 0.2) is 0 Å². The highest BCUT2D eigenvalue weighted by atomic mass is 16.5. The predicted molar refractivity (Wildman–Crippen MR) is 65.8 cm³/mol. The van der Waals surface area contributed by atoms with Crippen molar-refractivity contribution in [2.24, 2.45) is 0 Å². The number of hydrogen-bond donors (Lipinski definition) is 2. The highest BCUT2D eigenvalue weighted by molar-refractivity contribution is 5.39. The topological polar surface area (TPSA) is 41.5 Å². The summed E-state index contributed by atoms with van der Waals surface area (Å²) in [7, 11) is 1.68. The molecule has 0 amide bonds. The molecule has 90 valence electrons. The maximum absolute atomic E-state index is 8.78. The van der Waals surface area contributed by atoms with Gasteiger partial charge in [0.05, 0.1) is 13.8 Å². The summed E-state index contributed by atoms with van der Waals surface area (Å²) in [6.07, 6.45) is 0. The summed E-state index contributed by atoms with van der Waals surface area (Å²) in [5.74, 6) is 0.912. The van der Waals surface area contributed by atoms with Crippen molar-refractivity contribution in [2.75, 3.05) is 20.4 Å². The van der Waals surface area contributed by atoms with Gasteiger partial charge in [0.1, 0.15) is 5.75 Å². The molecule has 0 saturated carbocycles. The molecule has 0 saturated heterocycles. The molecule has 0 spiro atoms. The molecule has 3 heteroatoms. The lowest BCUT2D eigenvalue weighted by Gasteiger charge is -2.26. The number of ether oxygens (including phenoxy) is 1. The van der Waals surface area contributed by atoms with Crippen LogP contribution in [0, 0.1) is 6.92 Å². The number of aliphatic hydroxyl groups excluding tert-OH is 1. The van der Waals surface area contributed by atoms with Gasteiger partial charge in [-0.3, -0.25) is 5.32 Å². The van der Waals surface area contributed by atoms with E-state index in [2.05, 4.69) is 31.3 Å². The minimum atomic E-state index is -0.000237. The lowest BCUT2D eigenvalue weighted by Crippen LogP contribution is -2.33. The third kappa shape index (κ3) is 2.97. The van der Waals surface area contributed by atoms with E-state index >= 15 is 0 Å². The van der Waals surface area contributed by atoms with Gasteiger partial charge >= 0.3 is 0 Å². The minimum Gasteiger partial charge on any atom is -0.496 e. The first-order valence-corrected chi connectivity index (χ1v) is 5.48. The molecule has 0 unspecified atom stereocenters. The average molecular weight is 223 g/mol. The fraction of sp³-hybridized carbons (Fsp3) is 0.538. The molecule has 0 aliphatic heterocycles. The summed E-state index contributed by atoms with van der Waals surface area (Å²) in [6, 6.07) is 6.20. The van der Waals surface area contributed by atoms with Gasteiger partial charge < -0.3 is 9.84 Å². The van der Waals surface area contributed by atoms with E-state index < -0.39 is 0 Å². The quantitative estimate of drug-likeness (QED) is 0.748. The van der Waals surface area contributed by atoms with E-state index in [-0.39, 0.29) is 12.1 Å². The molecular formula is C13H21NO2. The van der Waals surface area contributed by atoms with Gasteiger partial charge in [-0.15, -0.1) is 0 Å². The molecule has 0 fully saturated rings. The van der Waals surface area contributed by atoms with E-state index in [1.165, 1.54) is 5.56 Å². The predicted octanol–water partition coefficient (Wildman–Crippen LogP) is 1.82. The fourth-order valence-corrected chi connectivity index (χ4v) is 1.77. The zero-order chi connectivity index (χ0) is 12.2. The Labute approximate surface area is 97.4 Å². The Bertz CT molecular complexity index is 348. The third-order valence-corrected chi connectivity index (χ3v) is 2.86. The number of hydrogen-bond acceptors (Lipinski definition) is 3. The standard InChI is InChI=1S/C13H21NO2/c1-10-7-11(5-6-12(10)16-4)13(2,3)8-14-9-15/h5-7,14-15H,8-9H2,1-4H3. The second kappa shape index (κ2) is 5.32. The van der Waals surface area contributed by atoms with E-state index in [0.29, 0.717) is 0 Å². The molecule has 0 aromatic heterocycles. The zero-order valence-corrected chi connectivity index (χ0v) is 10.5. The number of benzene rings is 1. The number of methoxy groups -OCH3 is 1. The molecule has 1 aromatic carbocycles. The lowest BCUT2D eigenvalue weighted by molar-refractivity contribution is 0.247. The Morgan fingerprint density at radius 3 is 2.56 bits per heavy atom. The molecule has 1 aromatic rings. The van der Waals surface area contributed by atoms with Crippen molar-refractivity contribution in [3.63, 3.8) is 0 Å². The van der Waals surface area contributed by atoms with E-state index in [9.17, 15) is 0 Å². The highest BCUT2D eigenvalue weighted by Gasteiger charge is 2.20. The molecule has 2 N–H and O–H groups in total. The van der Waals surface area contributed by atoms with Crippen molar-refractivity contribution in [2.45, 2.75) is 26.2 Å². The largest absolute Gasteiger partial charge is 0.496 e. The van der Waals surface area contributed by atoms with E-state index in [1.54, 1.807) is 7.11 Å². The summed E-state index contributed by atoms with van der Waals surface area (Å²) in [5, 5.41) is 11.7. The molecular weight excluding hydrogens is 202 g/mol. The Morgan fingerprint density at radius 2 is 2.06 bits per heavy atom. The van der Waals surface area contributed by atoms with E-state index in [0.717, 1.165) is 17.9 Å². The Morgan fingerprint density at radius 1 is 1.38 bits per heavy atom. The Kier molecular flexibility index (Phi) is 4.33. The Balaban J connectivity index is 2.91. The van der Waals surface area contributed by atoms with Crippen LogP contribution >= 0.6 is 0 Å². The van der Waals surface area contributed by atoms with Crippen molar-refractivity contribution >= 4 is 0 Å². The smallest absolute Gasteiger partial charge is 0.121 e. The monoisotopic (exact) mass is 223 g/mol. The van der Waals surface area contributed by atoms with Crippen LogP contribution in [0.25, 0.3) is 0 Å². The first-order chi connectivity index (χ1) is 7.51. The van der Waals surface area contributed by atoms with Crippen molar-refractivity contribution < 1.29 is 9.84 Å². The van der Waals surface area contributed by atoms with Crippen LogP contribution in [0.2, 0.25) is 0 Å². The van der Waals surface area contributed by atoms with Gasteiger partial charge in [-0.25, -0.2) is 0 Å². The molecule has 0 bridgehead atoms. The van der Waals surface area contributed by atoms with Crippen molar-refractivity contribution in [1.29, 1.82) is 0 Å². The van der Waals surface area contributed by atoms with Gasteiger partial charge in [0.2, 0.25) is 0 Å². The van der Waals surface area contributed by atoms with Crippen LogP contribution in [-0.2, 0) is 5.41 Å². The maximum Gasteiger partial charge on any atom is 0.121 e. The molecule has 0 aliphatic carbocycles. The molecule has 3 nitrogen and oxygen atoms in total. The van der Waals surface area contributed by atoms with Crippen molar-refractivity contribution in [3.05, 3.63) is 29.3 Å². The first-order valence-electron chi connectivity index (χ1n) is 5.48. The fourth-order valence-electron chi connectivity index (χ4n) is 1.77. The van der Waals surface area contributed by atoms with E-state index in [4.69, 9.17) is 9.84 Å². The summed E-state index contributed by atoms with van der Waals surface area (Å²) < 4.78 is 5.24. The van der Waals surface area contributed by atoms with Gasteiger partial charge in [-0.05, 0) is 24.1 Å². The van der Waals surface area contributed by atoms with Crippen LogP contribution in [0.15, 0.2) is 18.2 Å². The number of rotatable bonds is 5. The molecule has 16 heavy (non-hydrogen) atoms. The van der Waals surface area contributed by atoms with Crippen LogP contribution in [0.5, 0.6) is 5.75 Å². The van der Waals surface area contributed by atoms with Crippen LogP contribution in [0.1, 0.15) is 25.0 Å². The van der Waals surface area contributed by atoms with Crippen molar-refractivity contribution in [1.82, 2.24) is 5.32 Å². The summed E-state index contributed by atoms with van der Waals surface area (Å²) in [6.45, 7) is 7.10. The number of nitrogens with one attached hydrogen (secondary N) is 1. The third-order valence-electron chi connectivity index (χ3n) is 2.86. The summed E-state index contributed by atoms with van der Waals surface area (Å²) >= 11 is 0. The van der Waals surface area contributed by atoms with Crippen molar-refractivity contribution in [3.8, 4) is 5.75 Å². The maximum atomic E-state index is 8.78. The zero-order valence-electron chi connectivity index (χ0n) is 10.5. The van der Waals surface area contributed by atoms with Crippen LogP contribution in [-0.4, -0.2) is 25.5 Å². The number of aryl methyl sites for hydroxylation is 1. The van der Waals surface area contributed by atoms with Gasteiger partial charge in [-0.2, -0.15) is 0 Å². The molecule has 1 rings (SSSR count).